The maximum atomic E-state index is 13.8. The summed E-state index contributed by atoms with van der Waals surface area (Å²) < 4.78 is 13.8. The van der Waals surface area contributed by atoms with Crippen molar-refractivity contribution in [3.8, 4) is 11.3 Å². The van der Waals surface area contributed by atoms with Crippen molar-refractivity contribution in [3.05, 3.63) is 71.0 Å². The minimum Gasteiger partial charge on any atom is -0.353 e. The summed E-state index contributed by atoms with van der Waals surface area (Å²) in [7, 11) is 0. The van der Waals surface area contributed by atoms with E-state index >= 15 is 0 Å². The standard InChI is InChI=1S/C22H22ClFN4O/c23-17-9-7-15(8-10-17)20-13-21(27-26-20)28-11-3-5-18(14-28)25-22(29)12-16-4-1-2-6-19(16)24/h1-2,4,6-10,13,18H,3,5,11-12,14H2,(H,25,29)(H,26,27)/t18-/m1/s1. The average molecular weight is 413 g/mol. The van der Waals surface area contributed by atoms with Crippen LogP contribution in [0.4, 0.5) is 10.2 Å². The van der Waals surface area contributed by atoms with Gasteiger partial charge in [-0.15, -0.1) is 0 Å². The number of piperidine rings is 1. The molecule has 0 spiro atoms. The topological polar surface area (TPSA) is 61.0 Å². The van der Waals surface area contributed by atoms with Crippen molar-refractivity contribution < 1.29 is 9.18 Å². The molecular weight excluding hydrogens is 391 g/mol. The number of halogens is 2. The van der Waals surface area contributed by atoms with Crippen LogP contribution in [0.15, 0.2) is 54.6 Å². The Hall–Kier alpha value is -2.86. The van der Waals surface area contributed by atoms with E-state index in [1.165, 1.54) is 6.07 Å². The molecule has 1 aliphatic heterocycles. The molecule has 1 amide bonds. The number of amides is 1. The van der Waals surface area contributed by atoms with Crippen LogP contribution in [0.1, 0.15) is 18.4 Å². The first kappa shape index (κ1) is 19.5. The molecule has 1 fully saturated rings. The van der Waals surface area contributed by atoms with Crippen LogP contribution in [0.5, 0.6) is 0 Å². The highest BCUT2D eigenvalue weighted by molar-refractivity contribution is 6.30. The highest BCUT2D eigenvalue weighted by Crippen LogP contribution is 2.25. The molecule has 0 bridgehead atoms. The molecule has 4 rings (SSSR count). The summed E-state index contributed by atoms with van der Waals surface area (Å²) in [6.45, 7) is 1.55. The van der Waals surface area contributed by atoms with Crippen molar-refractivity contribution in [1.82, 2.24) is 15.5 Å². The number of hydrogen-bond acceptors (Lipinski definition) is 3. The Morgan fingerprint density at radius 1 is 1.24 bits per heavy atom. The lowest BCUT2D eigenvalue weighted by molar-refractivity contribution is -0.121. The van der Waals surface area contributed by atoms with Gasteiger partial charge in [0.05, 0.1) is 12.1 Å². The van der Waals surface area contributed by atoms with E-state index in [-0.39, 0.29) is 24.2 Å². The van der Waals surface area contributed by atoms with Gasteiger partial charge in [-0.05, 0) is 42.2 Å². The molecule has 1 saturated heterocycles. The number of hydrogen-bond donors (Lipinski definition) is 2. The Bertz CT molecular complexity index is 988. The zero-order valence-corrected chi connectivity index (χ0v) is 16.6. The maximum absolute atomic E-state index is 13.8. The third-order valence-corrected chi connectivity index (χ3v) is 5.39. The summed E-state index contributed by atoms with van der Waals surface area (Å²) >= 11 is 5.95. The fourth-order valence-electron chi connectivity index (χ4n) is 3.65. The molecule has 3 aromatic rings. The van der Waals surface area contributed by atoms with Crippen molar-refractivity contribution in [1.29, 1.82) is 0 Å². The molecule has 0 aliphatic carbocycles. The van der Waals surface area contributed by atoms with Gasteiger partial charge in [0.25, 0.3) is 0 Å². The molecule has 7 heteroatoms. The van der Waals surface area contributed by atoms with Crippen molar-refractivity contribution in [2.45, 2.75) is 25.3 Å². The van der Waals surface area contributed by atoms with Crippen LogP contribution in [0.3, 0.4) is 0 Å². The van der Waals surface area contributed by atoms with Crippen LogP contribution in [0.2, 0.25) is 5.02 Å². The first-order chi connectivity index (χ1) is 14.1. The zero-order valence-electron chi connectivity index (χ0n) is 15.9. The van der Waals surface area contributed by atoms with Crippen LogP contribution in [0, 0.1) is 5.82 Å². The number of carbonyl (C=O) groups excluding carboxylic acids is 1. The summed E-state index contributed by atoms with van der Waals surface area (Å²) in [5.41, 5.74) is 2.35. The lowest BCUT2D eigenvalue weighted by Crippen LogP contribution is -2.48. The van der Waals surface area contributed by atoms with Crippen LogP contribution in [0.25, 0.3) is 11.3 Å². The Kier molecular flexibility index (Phi) is 5.81. The molecular formula is C22H22ClFN4O. The number of nitrogens with one attached hydrogen (secondary N) is 2. The van der Waals surface area contributed by atoms with Crippen molar-refractivity contribution >= 4 is 23.3 Å². The number of aromatic amines is 1. The minimum atomic E-state index is -0.348. The van der Waals surface area contributed by atoms with Gasteiger partial charge in [0.15, 0.2) is 5.82 Å². The van der Waals surface area contributed by atoms with Gasteiger partial charge in [-0.1, -0.05) is 41.9 Å². The number of aromatic nitrogens is 2. The lowest BCUT2D eigenvalue weighted by Gasteiger charge is -2.33. The van der Waals surface area contributed by atoms with Gasteiger partial charge in [0, 0.05) is 30.2 Å². The molecule has 1 aliphatic rings. The molecule has 29 heavy (non-hydrogen) atoms. The molecule has 0 saturated carbocycles. The Morgan fingerprint density at radius 3 is 2.83 bits per heavy atom. The first-order valence-corrected chi connectivity index (χ1v) is 10.1. The van der Waals surface area contributed by atoms with E-state index in [2.05, 4.69) is 20.4 Å². The van der Waals surface area contributed by atoms with Gasteiger partial charge in [0.2, 0.25) is 5.91 Å². The second kappa shape index (κ2) is 8.66. The SMILES string of the molecule is O=C(Cc1ccccc1F)N[C@@H]1CCCN(c2cc(-c3ccc(Cl)cc3)[nH]n2)C1. The molecule has 5 nitrogen and oxygen atoms in total. The third-order valence-electron chi connectivity index (χ3n) is 5.14. The Morgan fingerprint density at radius 2 is 2.03 bits per heavy atom. The lowest BCUT2D eigenvalue weighted by atomic mass is 10.0. The third kappa shape index (κ3) is 4.77. The number of H-pyrrole nitrogens is 1. The van der Waals surface area contributed by atoms with Crippen LogP contribution >= 0.6 is 11.6 Å². The zero-order chi connectivity index (χ0) is 20.2. The molecule has 2 aromatic carbocycles. The van der Waals surface area contributed by atoms with Crippen LogP contribution < -0.4 is 10.2 Å². The number of carbonyl (C=O) groups is 1. The fourth-order valence-corrected chi connectivity index (χ4v) is 3.77. The highest BCUT2D eigenvalue weighted by atomic mass is 35.5. The fraction of sp³-hybridized carbons (Fsp3) is 0.273. The van der Waals surface area contributed by atoms with Crippen LogP contribution in [-0.4, -0.2) is 35.2 Å². The first-order valence-electron chi connectivity index (χ1n) is 9.67. The maximum Gasteiger partial charge on any atom is 0.224 e. The number of nitrogens with zero attached hydrogens (tertiary/aromatic N) is 2. The summed E-state index contributed by atoms with van der Waals surface area (Å²) in [6, 6.07) is 16.0. The van der Waals surface area contributed by atoms with Crippen molar-refractivity contribution in [2.24, 2.45) is 0 Å². The largest absolute Gasteiger partial charge is 0.353 e. The summed E-state index contributed by atoms with van der Waals surface area (Å²) in [5.74, 6) is 0.341. The van der Waals surface area contributed by atoms with Crippen molar-refractivity contribution in [3.63, 3.8) is 0 Å². The van der Waals surface area contributed by atoms with Gasteiger partial charge >= 0.3 is 0 Å². The quantitative estimate of drug-likeness (QED) is 0.660. The molecule has 1 atom stereocenters. The molecule has 2 N–H and O–H groups in total. The second-order valence-electron chi connectivity index (χ2n) is 7.27. The second-order valence-corrected chi connectivity index (χ2v) is 7.70. The van der Waals surface area contributed by atoms with E-state index in [1.54, 1.807) is 18.2 Å². The molecule has 1 aromatic heterocycles. The van der Waals surface area contributed by atoms with Gasteiger partial charge in [-0.2, -0.15) is 5.10 Å². The Labute approximate surface area is 173 Å². The minimum absolute atomic E-state index is 0.0127. The molecule has 0 unspecified atom stereocenters. The summed E-state index contributed by atoms with van der Waals surface area (Å²) in [6.07, 6.45) is 1.90. The predicted octanol–water partition coefficient (Wildman–Crippen LogP) is 4.20. The summed E-state index contributed by atoms with van der Waals surface area (Å²) in [4.78, 5) is 14.5. The normalized spacial score (nSPS) is 16.6. The predicted molar refractivity (Wildman–Crippen MR) is 113 cm³/mol. The van der Waals surface area contributed by atoms with Gasteiger partial charge in [0.1, 0.15) is 5.82 Å². The smallest absolute Gasteiger partial charge is 0.224 e. The molecule has 150 valence electrons. The van der Waals surface area contributed by atoms with E-state index in [4.69, 9.17) is 11.6 Å². The summed E-state index contributed by atoms with van der Waals surface area (Å²) in [5, 5.41) is 11.2. The van der Waals surface area contributed by atoms with Gasteiger partial charge < -0.3 is 10.2 Å². The van der Waals surface area contributed by atoms with E-state index in [0.717, 1.165) is 36.5 Å². The number of benzene rings is 2. The van der Waals surface area contributed by atoms with Crippen LogP contribution in [-0.2, 0) is 11.2 Å². The highest BCUT2D eigenvalue weighted by Gasteiger charge is 2.23. The average Bonchev–Trinajstić information content (AvgIpc) is 3.21. The van der Waals surface area contributed by atoms with E-state index < -0.39 is 0 Å². The van der Waals surface area contributed by atoms with E-state index in [9.17, 15) is 9.18 Å². The molecule has 0 radical (unpaired) electrons. The Balaban J connectivity index is 1.38. The number of anilines is 1. The van der Waals surface area contributed by atoms with E-state index in [0.29, 0.717) is 17.1 Å². The number of rotatable bonds is 5. The monoisotopic (exact) mass is 412 g/mol. The van der Waals surface area contributed by atoms with Gasteiger partial charge in [-0.25, -0.2) is 4.39 Å². The van der Waals surface area contributed by atoms with Crippen molar-refractivity contribution in [2.75, 3.05) is 18.0 Å². The van der Waals surface area contributed by atoms with Gasteiger partial charge in [-0.3, -0.25) is 9.89 Å². The van der Waals surface area contributed by atoms with E-state index in [1.807, 2.05) is 30.3 Å². The molecule has 2 heterocycles.